The van der Waals surface area contributed by atoms with Crippen LogP contribution in [0.2, 0.25) is 10.0 Å². The Labute approximate surface area is 211 Å². The normalized spacial score (nSPS) is 10.9. The molecule has 8 nitrogen and oxygen atoms in total. The van der Waals surface area contributed by atoms with E-state index in [4.69, 9.17) is 32.7 Å². The van der Waals surface area contributed by atoms with E-state index in [9.17, 15) is 20.2 Å². The number of hydrogen-bond donors (Lipinski definition) is 1. The molecule has 0 saturated carbocycles. The predicted octanol–water partition coefficient (Wildman–Crippen LogP) is 6.42. The molecule has 0 saturated heterocycles. The van der Waals surface area contributed by atoms with E-state index in [1.165, 1.54) is 30.3 Å². The first kappa shape index (κ1) is 25.6. The molecule has 35 heavy (non-hydrogen) atoms. The van der Waals surface area contributed by atoms with Crippen LogP contribution < -0.4 is 14.8 Å². The molecule has 0 aromatic heterocycles. The van der Waals surface area contributed by atoms with Gasteiger partial charge in [0.2, 0.25) is 0 Å². The molecule has 0 atom stereocenters. The Morgan fingerprint density at radius 2 is 1.80 bits per heavy atom. The molecule has 0 spiro atoms. The van der Waals surface area contributed by atoms with Crippen molar-refractivity contribution < 1.29 is 19.2 Å². The molecule has 3 aromatic rings. The van der Waals surface area contributed by atoms with Gasteiger partial charge in [0.15, 0.2) is 0 Å². The van der Waals surface area contributed by atoms with Crippen molar-refractivity contribution in [2.24, 2.45) is 0 Å². The highest BCUT2D eigenvalue weighted by Crippen LogP contribution is 2.34. The minimum absolute atomic E-state index is 0.0421. The minimum Gasteiger partial charge on any atom is -0.494 e. The lowest BCUT2D eigenvalue weighted by molar-refractivity contribution is -0.384. The van der Waals surface area contributed by atoms with Crippen molar-refractivity contribution in [2.45, 2.75) is 13.5 Å². The largest absolute Gasteiger partial charge is 0.494 e. The van der Waals surface area contributed by atoms with E-state index >= 15 is 0 Å². The van der Waals surface area contributed by atoms with Gasteiger partial charge in [0.1, 0.15) is 29.7 Å². The third-order valence-corrected chi connectivity index (χ3v) is 5.15. The standard InChI is InChI=1S/C25H19Cl2N3O5/c1-2-34-22-9-5-20(6-10-22)29-25(31)18(14-28)11-17-12-19(26)13-23(27)24(17)35-15-16-3-7-21(8-4-16)30(32)33/h3-13H,2,15H2,1H3,(H,29,31)/b18-11+. The molecule has 178 valence electrons. The Balaban J connectivity index is 1.82. The van der Waals surface area contributed by atoms with Crippen LogP contribution in [0.25, 0.3) is 6.08 Å². The average Bonchev–Trinajstić information content (AvgIpc) is 2.83. The van der Waals surface area contributed by atoms with Crippen LogP contribution in [0.4, 0.5) is 11.4 Å². The van der Waals surface area contributed by atoms with E-state index < -0.39 is 10.8 Å². The van der Waals surface area contributed by atoms with Gasteiger partial charge >= 0.3 is 0 Å². The Bertz CT molecular complexity index is 1300. The maximum Gasteiger partial charge on any atom is 0.269 e. The SMILES string of the molecule is CCOc1ccc(NC(=O)/C(C#N)=C/c2cc(Cl)cc(Cl)c2OCc2ccc([N+](=O)[O-])cc2)cc1. The van der Waals surface area contributed by atoms with Crippen LogP contribution in [0.15, 0.2) is 66.2 Å². The van der Waals surface area contributed by atoms with Crippen molar-refractivity contribution in [1.82, 2.24) is 0 Å². The average molecular weight is 512 g/mol. The summed E-state index contributed by atoms with van der Waals surface area (Å²) in [5.41, 5.74) is 1.22. The fraction of sp³-hybridized carbons (Fsp3) is 0.120. The Hall–Kier alpha value is -4.06. The fourth-order valence-corrected chi connectivity index (χ4v) is 3.58. The van der Waals surface area contributed by atoms with Gasteiger partial charge in [-0.05, 0) is 67.1 Å². The summed E-state index contributed by atoms with van der Waals surface area (Å²) in [7, 11) is 0. The zero-order valence-electron chi connectivity index (χ0n) is 18.5. The number of anilines is 1. The number of hydrogen-bond acceptors (Lipinski definition) is 6. The van der Waals surface area contributed by atoms with E-state index in [0.29, 0.717) is 29.2 Å². The van der Waals surface area contributed by atoms with E-state index in [0.717, 1.165) is 0 Å². The number of nitriles is 1. The molecule has 0 aliphatic heterocycles. The Kier molecular flexibility index (Phi) is 8.68. The third-order valence-electron chi connectivity index (χ3n) is 4.66. The predicted molar refractivity (Wildman–Crippen MR) is 134 cm³/mol. The minimum atomic E-state index is -0.630. The van der Waals surface area contributed by atoms with Gasteiger partial charge in [-0.3, -0.25) is 14.9 Å². The molecular formula is C25H19Cl2N3O5. The van der Waals surface area contributed by atoms with Gasteiger partial charge in [0.05, 0.1) is 16.6 Å². The van der Waals surface area contributed by atoms with Gasteiger partial charge in [-0.2, -0.15) is 5.26 Å². The summed E-state index contributed by atoms with van der Waals surface area (Å²) in [6, 6.07) is 17.4. The monoisotopic (exact) mass is 511 g/mol. The molecule has 0 aliphatic carbocycles. The smallest absolute Gasteiger partial charge is 0.269 e. The number of carbonyl (C=O) groups excluding carboxylic acids is 1. The number of non-ortho nitro benzene ring substituents is 1. The summed E-state index contributed by atoms with van der Waals surface area (Å²) >= 11 is 12.5. The molecule has 1 N–H and O–H groups in total. The third kappa shape index (κ3) is 6.96. The summed E-state index contributed by atoms with van der Waals surface area (Å²) < 4.78 is 11.2. The lowest BCUT2D eigenvalue weighted by Crippen LogP contribution is -2.13. The summed E-state index contributed by atoms with van der Waals surface area (Å²) in [4.78, 5) is 23.0. The van der Waals surface area contributed by atoms with Gasteiger partial charge in [0, 0.05) is 28.4 Å². The van der Waals surface area contributed by atoms with Crippen LogP contribution in [0.3, 0.4) is 0 Å². The maximum absolute atomic E-state index is 12.7. The van der Waals surface area contributed by atoms with Crippen molar-refractivity contribution in [1.29, 1.82) is 5.26 Å². The molecule has 0 aliphatic rings. The zero-order chi connectivity index (χ0) is 25.4. The molecule has 1 amide bonds. The number of nitrogens with zero attached hydrogens (tertiary/aromatic N) is 2. The van der Waals surface area contributed by atoms with E-state index in [1.807, 2.05) is 13.0 Å². The van der Waals surface area contributed by atoms with E-state index in [1.54, 1.807) is 36.4 Å². The number of amides is 1. The van der Waals surface area contributed by atoms with E-state index in [-0.39, 0.29) is 33.7 Å². The first-order valence-electron chi connectivity index (χ1n) is 10.3. The van der Waals surface area contributed by atoms with Crippen molar-refractivity contribution in [3.05, 3.63) is 97.5 Å². The summed E-state index contributed by atoms with van der Waals surface area (Å²) in [6.07, 6.45) is 1.33. The van der Waals surface area contributed by atoms with Crippen LogP contribution in [0.5, 0.6) is 11.5 Å². The lowest BCUT2D eigenvalue weighted by Gasteiger charge is -2.13. The molecule has 3 aromatic carbocycles. The first-order chi connectivity index (χ1) is 16.8. The van der Waals surface area contributed by atoms with Crippen molar-refractivity contribution in [2.75, 3.05) is 11.9 Å². The van der Waals surface area contributed by atoms with Gasteiger partial charge in [-0.15, -0.1) is 0 Å². The molecule has 0 unspecified atom stereocenters. The van der Waals surface area contributed by atoms with Gasteiger partial charge in [-0.25, -0.2) is 0 Å². The summed E-state index contributed by atoms with van der Waals surface area (Å²) in [5, 5.41) is 23.5. The van der Waals surface area contributed by atoms with Crippen LogP contribution in [0, 0.1) is 21.4 Å². The second-order valence-electron chi connectivity index (χ2n) is 7.10. The molecule has 0 bridgehead atoms. The molecule has 3 rings (SSSR count). The van der Waals surface area contributed by atoms with Gasteiger partial charge < -0.3 is 14.8 Å². The Morgan fingerprint density at radius 3 is 2.40 bits per heavy atom. The second kappa shape index (κ2) is 11.9. The number of carbonyl (C=O) groups is 1. The molecule has 0 radical (unpaired) electrons. The van der Waals surface area contributed by atoms with Crippen molar-refractivity contribution in [3.63, 3.8) is 0 Å². The molecule has 0 heterocycles. The quantitative estimate of drug-likeness (QED) is 0.153. The Morgan fingerprint density at radius 1 is 1.11 bits per heavy atom. The maximum atomic E-state index is 12.7. The second-order valence-corrected chi connectivity index (χ2v) is 7.94. The number of nitro benzene ring substituents is 1. The molecular weight excluding hydrogens is 493 g/mol. The molecule has 0 fully saturated rings. The topological polar surface area (TPSA) is 114 Å². The highest BCUT2D eigenvalue weighted by molar-refractivity contribution is 6.36. The number of nitro groups is 1. The summed E-state index contributed by atoms with van der Waals surface area (Å²) in [5.74, 6) is 0.232. The zero-order valence-corrected chi connectivity index (χ0v) is 20.0. The van der Waals surface area contributed by atoms with Crippen molar-refractivity contribution >= 4 is 46.6 Å². The molecule has 10 heteroatoms. The highest BCUT2D eigenvalue weighted by atomic mass is 35.5. The van der Waals surface area contributed by atoms with Crippen LogP contribution in [-0.4, -0.2) is 17.4 Å². The van der Waals surface area contributed by atoms with Crippen LogP contribution in [-0.2, 0) is 11.4 Å². The fourth-order valence-electron chi connectivity index (χ4n) is 3.01. The van der Waals surface area contributed by atoms with Gasteiger partial charge in [-0.1, -0.05) is 23.2 Å². The van der Waals surface area contributed by atoms with Gasteiger partial charge in [0.25, 0.3) is 11.6 Å². The number of ether oxygens (including phenoxy) is 2. The number of nitrogens with one attached hydrogen (secondary N) is 1. The summed E-state index contributed by atoms with van der Waals surface area (Å²) in [6.45, 7) is 2.43. The number of halogens is 2. The number of rotatable bonds is 9. The van der Waals surface area contributed by atoms with Crippen LogP contribution in [0.1, 0.15) is 18.1 Å². The first-order valence-corrected chi connectivity index (χ1v) is 11.1. The lowest BCUT2D eigenvalue weighted by atomic mass is 10.1. The van der Waals surface area contributed by atoms with Crippen LogP contribution >= 0.6 is 23.2 Å². The highest BCUT2D eigenvalue weighted by Gasteiger charge is 2.15. The van der Waals surface area contributed by atoms with E-state index in [2.05, 4.69) is 5.32 Å². The number of benzene rings is 3. The van der Waals surface area contributed by atoms with Crippen molar-refractivity contribution in [3.8, 4) is 17.6 Å².